The number of carbonyl (C=O) groups is 1. The highest BCUT2D eigenvalue weighted by molar-refractivity contribution is 9.10. The minimum atomic E-state index is -1.55. The molecule has 5 rings (SSSR count). The Hall–Kier alpha value is -2.07. The highest BCUT2D eigenvalue weighted by Crippen LogP contribution is 2.59. The predicted molar refractivity (Wildman–Crippen MR) is 120 cm³/mol. The molecule has 1 amide bonds. The second-order valence-electron chi connectivity index (χ2n) is 8.65. The summed E-state index contributed by atoms with van der Waals surface area (Å²) in [7, 11) is 0. The van der Waals surface area contributed by atoms with E-state index in [9.17, 15) is 20.0 Å². The molecule has 3 aliphatic rings. The first-order valence-electron chi connectivity index (χ1n) is 10.4. The standard InChI is InChI=1S/C22H20BrClFN3O4/c23-15-3-1-2-13(19(15)25)18-20(28(31)32)17(10-29)27(9-11-4-5-11)22(18)14-7-6-12(24)8-16(14)26-21(22)30/h1-3,6-8,11,17-18,20,29H,4-5,9-10H2,(H,26,30)/t17-,18-,20+,22+/m0/s1. The Balaban J connectivity index is 1.83. The van der Waals surface area contributed by atoms with Gasteiger partial charge in [0.1, 0.15) is 17.4 Å². The van der Waals surface area contributed by atoms with Crippen molar-refractivity contribution in [3.05, 3.63) is 73.0 Å². The molecule has 1 saturated carbocycles. The Bertz CT molecular complexity index is 1130. The van der Waals surface area contributed by atoms with Crippen LogP contribution in [0, 0.1) is 21.8 Å². The summed E-state index contributed by atoms with van der Waals surface area (Å²) in [5.74, 6) is -2.01. The smallest absolute Gasteiger partial charge is 0.250 e. The van der Waals surface area contributed by atoms with Crippen molar-refractivity contribution < 1.29 is 19.2 Å². The summed E-state index contributed by atoms with van der Waals surface area (Å²) < 4.78 is 15.6. The number of nitrogens with zero attached hydrogens (tertiary/aromatic N) is 2. The van der Waals surface area contributed by atoms with Crippen LogP contribution >= 0.6 is 27.5 Å². The van der Waals surface area contributed by atoms with Crippen LogP contribution in [0.25, 0.3) is 0 Å². The molecule has 168 valence electrons. The van der Waals surface area contributed by atoms with Gasteiger partial charge in [-0.1, -0.05) is 29.8 Å². The average molecular weight is 525 g/mol. The molecule has 32 heavy (non-hydrogen) atoms. The summed E-state index contributed by atoms with van der Waals surface area (Å²) in [5, 5.41) is 25.9. The Morgan fingerprint density at radius 1 is 1.34 bits per heavy atom. The Kier molecular flexibility index (Phi) is 5.28. The molecular weight excluding hydrogens is 505 g/mol. The molecule has 10 heteroatoms. The Labute approximate surface area is 196 Å². The van der Waals surface area contributed by atoms with E-state index in [1.807, 2.05) is 0 Å². The first-order valence-corrected chi connectivity index (χ1v) is 11.5. The fourth-order valence-corrected chi connectivity index (χ4v) is 6.03. The molecule has 1 spiro atoms. The third-order valence-electron chi connectivity index (χ3n) is 6.92. The van der Waals surface area contributed by atoms with Crippen LogP contribution in [0.15, 0.2) is 40.9 Å². The molecule has 2 aromatic carbocycles. The summed E-state index contributed by atoms with van der Waals surface area (Å²) in [6.45, 7) is -0.125. The molecule has 2 fully saturated rings. The van der Waals surface area contributed by atoms with E-state index in [0.717, 1.165) is 12.8 Å². The molecule has 2 N–H and O–H groups in total. The van der Waals surface area contributed by atoms with Crippen LogP contribution in [0.1, 0.15) is 29.9 Å². The van der Waals surface area contributed by atoms with E-state index >= 15 is 4.39 Å². The zero-order valence-electron chi connectivity index (χ0n) is 16.8. The molecule has 1 saturated heterocycles. The van der Waals surface area contributed by atoms with Gasteiger partial charge >= 0.3 is 0 Å². The van der Waals surface area contributed by atoms with Gasteiger partial charge in [0.15, 0.2) is 0 Å². The SMILES string of the molecule is O=C1Nc2cc(Cl)ccc2[C@@]12[C@@H](c1cccc(Br)c1F)[C@H]([N+](=O)[O-])[C@H](CO)N2CC1CC1. The topological polar surface area (TPSA) is 95.7 Å². The van der Waals surface area contributed by atoms with Crippen molar-refractivity contribution in [1.29, 1.82) is 0 Å². The van der Waals surface area contributed by atoms with Crippen LogP contribution in [-0.2, 0) is 10.3 Å². The lowest BCUT2D eigenvalue weighted by Crippen LogP contribution is -2.53. The number of rotatable bonds is 5. The van der Waals surface area contributed by atoms with Gasteiger partial charge in [-0.25, -0.2) is 4.39 Å². The van der Waals surface area contributed by atoms with Crippen molar-refractivity contribution in [3.63, 3.8) is 0 Å². The zero-order valence-corrected chi connectivity index (χ0v) is 19.1. The van der Waals surface area contributed by atoms with Crippen LogP contribution in [0.2, 0.25) is 5.02 Å². The van der Waals surface area contributed by atoms with Crippen LogP contribution in [0.5, 0.6) is 0 Å². The van der Waals surface area contributed by atoms with E-state index in [1.54, 1.807) is 29.2 Å². The normalized spacial score (nSPS) is 29.4. The van der Waals surface area contributed by atoms with Crippen molar-refractivity contribution in [2.75, 3.05) is 18.5 Å². The maximum Gasteiger partial charge on any atom is 0.250 e. The molecule has 2 heterocycles. The maximum absolute atomic E-state index is 15.4. The number of benzene rings is 2. The van der Waals surface area contributed by atoms with Crippen molar-refractivity contribution >= 4 is 39.1 Å². The monoisotopic (exact) mass is 523 g/mol. The fraction of sp³-hybridized carbons (Fsp3) is 0.409. The van der Waals surface area contributed by atoms with E-state index in [-0.39, 0.29) is 16.0 Å². The molecule has 2 aliphatic heterocycles. The lowest BCUT2D eigenvalue weighted by molar-refractivity contribution is -0.528. The van der Waals surface area contributed by atoms with Crippen LogP contribution < -0.4 is 5.32 Å². The second-order valence-corrected chi connectivity index (χ2v) is 9.94. The van der Waals surface area contributed by atoms with Gasteiger partial charge < -0.3 is 10.4 Å². The minimum absolute atomic E-state index is 0.0655. The third kappa shape index (κ3) is 3.02. The molecule has 0 unspecified atom stereocenters. The minimum Gasteiger partial charge on any atom is -0.394 e. The number of aliphatic hydroxyl groups is 1. The zero-order chi connectivity index (χ0) is 22.8. The third-order valence-corrected chi connectivity index (χ3v) is 7.77. The first kappa shape index (κ1) is 21.8. The van der Waals surface area contributed by atoms with Gasteiger partial charge in [0.05, 0.1) is 17.0 Å². The molecule has 0 aromatic heterocycles. The number of aliphatic hydroxyl groups excluding tert-OH is 1. The van der Waals surface area contributed by atoms with Crippen LogP contribution in [-0.4, -0.2) is 46.1 Å². The van der Waals surface area contributed by atoms with Gasteiger partial charge in [-0.15, -0.1) is 0 Å². The summed E-state index contributed by atoms with van der Waals surface area (Å²) in [6, 6.07) is 7.14. The van der Waals surface area contributed by atoms with Crippen molar-refractivity contribution in [2.24, 2.45) is 5.92 Å². The number of anilines is 1. The van der Waals surface area contributed by atoms with Crippen LogP contribution in [0.3, 0.4) is 0 Å². The fourth-order valence-electron chi connectivity index (χ4n) is 5.48. The highest BCUT2D eigenvalue weighted by atomic mass is 79.9. The number of nitro groups is 1. The molecule has 7 nitrogen and oxygen atoms in total. The number of hydrogen-bond acceptors (Lipinski definition) is 5. The quantitative estimate of drug-likeness (QED) is 0.457. The van der Waals surface area contributed by atoms with Crippen molar-refractivity contribution in [3.8, 4) is 0 Å². The van der Waals surface area contributed by atoms with E-state index in [0.29, 0.717) is 22.8 Å². The lowest BCUT2D eigenvalue weighted by Gasteiger charge is -2.38. The van der Waals surface area contributed by atoms with Gasteiger partial charge in [0.25, 0.3) is 5.91 Å². The highest BCUT2D eigenvalue weighted by Gasteiger charge is 2.71. The molecular formula is C22H20BrClFN3O4. The number of halogens is 3. The van der Waals surface area contributed by atoms with Crippen molar-refractivity contribution in [2.45, 2.75) is 36.4 Å². The summed E-state index contributed by atoms with van der Waals surface area (Å²) >= 11 is 9.33. The second kappa shape index (κ2) is 7.76. The van der Waals surface area contributed by atoms with Gasteiger partial charge in [-0.2, -0.15) is 0 Å². The number of amides is 1. The van der Waals surface area contributed by atoms with Gasteiger partial charge in [0.2, 0.25) is 6.04 Å². The average Bonchev–Trinajstić information content (AvgIpc) is 3.45. The predicted octanol–water partition coefficient (Wildman–Crippen LogP) is 3.90. The summed E-state index contributed by atoms with van der Waals surface area (Å²) in [4.78, 5) is 27.4. The maximum atomic E-state index is 15.4. The molecule has 2 aromatic rings. The molecule has 1 aliphatic carbocycles. The number of nitrogens with one attached hydrogen (secondary N) is 1. The number of fused-ring (bicyclic) bond motifs is 2. The summed E-state index contributed by atoms with van der Waals surface area (Å²) in [5.41, 5.74) is -0.519. The van der Waals surface area contributed by atoms with Crippen molar-refractivity contribution in [1.82, 2.24) is 4.90 Å². The van der Waals surface area contributed by atoms with Gasteiger partial charge in [0, 0.05) is 33.3 Å². The first-order chi connectivity index (χ1) is 15.3. The van der Waals surface area contributed by atoms with E-state index < -0.39 is 46.8 Å². The largest absolute Gasteiger partial charge is 0.394 e. The molecule has 0 bridgehead atoms. The Morgan fingerprint density at radius 3 is 2.75 bits per heavy atom. The van der Waals surface area contributed by atoms with E-state index in [4.69, 9.17) is 11.6 Å². The molecule has 0 radical (unpaired) electrons. The van der Waals surface area contributed by atoms with E-state index in [2.05, 4.69) is 21.2 Å². The summed E-state index contributed by atoms with van der Waals surface area (Å²) in [6.07, 6.45) is 1.89. The lowest BCUT2D eigenvalue weighted by atomic mass is 9.73. The molecule has 4 atom stereocenters. The number of likely N-dealkylation sites (tertiary alicyclic amines) is 1. The van der Waals surface area contributed by atoms with Crippen LogP contribution in [0.4, 0.5) is 10.1 Å². The number of carbonyl (C=O) groups excluding carboxylic acids is 1. The number of hydrogen-bond donors (Lipinski definition) is 2. The van der Waals surface area contributed by atoms with Gasteiger partial charge in [-0.05, 0) is 52.9 Å². The Morgan fingerprint density at radius 2 is 2.09 bits per heavy atom. The van der Waals surface area contributed by atoms with Gasteiger partial charge in [-0.3, -0.25) is 19.8 Å². The van der Waals surface area contributed by atoms with E-state index in [1.165, 1.54) is 12.1 Å².